The van der Waals surface area contributed by atoms with Gasteiger partial charge in [-0.1, -0.05) is 61.8 Å². The number of ether oxygens (including phenoxy) is 1. The number of phenols is 1. The number of hydrogen-bond acceptors (Lipinski definition) is 4. The smallest absolute Gasteiger partial charge is 0.260 e. The molecule has 3 aromatic carbocycles. The highest BCUT2D eigenvalue weighted by Gasteiger charge is 2.27. The molecule has 38 heavy (non-hydrogen) atoms. The second-order valence-electron chi connectivity index (χ2n) is 11.1. The molecule has 3 aromatic rings. The van der Waals surface area contributed by atoms with Gasteiger partial charge in [0.25, 0.3) is 5.91 Å². The van der Waals surface area contributed by atoms with Crippen LogP contribution in [0.3, 0.4) is 0 Å². The Morgan fingerprint density at radius 2 is 1.37 bits per heavy atom. The quantitative estimate of drug-likeness (QED) is 0.385. The summed E-state index contributed by atoms with van der Waals surface area (Å²) >= 11 is 5.99. The minimum absolute atomic E-state index is 0.0226. The highest BCUT2D eigenvalue weighted by molar-refractivity contribution is 6.30. The zero-order valence-corrected chi connectivity index (χ0v) is 24.2. The highest BCUT2D eigenvalue weighted by atomic mass is 35.5. The molecule has 202 valence electrons. The molecule has 0 spiro atoms. The average molecular weight is 535 g/mol. The SMILES string of the molecule is Cc1cc(C(C)(C)c2cc(C)c(OCC(=O)N3CCN(Cc4ccc(Cl)cc4)CC3)c(C)c2)cc(C)c1O. The van der Waals surface area contributed by atoms with Crippen LogP contribution in [0.25, 0.3) is 0 Å². The van der Waals surface area contributed by atoms with Gasteiger partial charge in [0, 0.05) is 43.2 Å². The molecule has 0 radical (unpaired) electrons. The first-order valence-electron chi connectivity index (χ1n) is 13.3. The Bertz CT molecular complexity index is 1260. The third kappa shape index (κ3) is 6.16. The molecule has 0 unspecified atom stereocenters. The van der Waals surface area contributed by atoms with Crippen LogP contribution in [0.1, 0.15) is 52.8 Å². The van der Waals surface area contributed by atoms with Crippen molar-refractivity contribution in [2.45, 2.75) is 53.5 Å². The molecule has 0 saturated carbocycles. The van der Waals surface area contributed by atoms with Crippen molar-refractivity contribution in [3.05, 3.63) is 92.5 Å². The maximum absolute atomic E-state index is 12.9. The molecule has 5 nitrogen and oxygen atoms in total. The number of piperazine rings is 1. The van der Waals surface area contributed by atoms with Gasteiger partial charge >= 0.3 is 0 Å². The lowest BCUT2D eigenvalue weighted by Crippen LogP contribution is -2.49. The Labute approximate surface area is 232 Å². The first-order valence-corrected chi connectivity index (χ1v) is 13.6. The van der Waals surface area contributed by atoms with Crippen molar-refractivity contribution in [3.63, 3.8) is 0 Å². The van der Waals surface area contributed by atoms with Gasteiger partial charge in [-0.15, -0.1) is 0 Å². The predicted octanol–water partition coefficient (Wildman–Crippen LogP) is 6.33. The van der Waals surface area contributed by atoms with Gasteiger partial charge in [0.1, 0.15) is 11.5 Å². The molecule has 0 atom stereocenters. The lowest BCUT2D eigenvalue weighted by molar-refractivity contribution is -0.135. The highest BCUT2D eigenvalue weighted by Crippen LogP contribution is 2.38. The maximum atomic E-state index is 12.9. The van der Waals surface area contributed by atoms with Gasteiger partial charge in [0.15, 0.2) is 6.61 Å². The molecule has 1 aliphatic rings. The number of hydrogen-bond donors (Lipinski definition) is 1. The number of carbonyl (C=O) groups excluding carboxylic acids is 1. The van der Waals surface area contributed by atoms with Crippen LogP contribution in [0.4, 0.5) is 0 Å². The summed E-state index contributed by atoms with van der Waals surface area (Å²) in [5.74, 6) is 1.15. The Morgan fingerprint density at radius 3 is 1.89 bits per heavy atom. The van der Waals surface area contributed by atoms with E-state index in [0.717, 1.165) is 58.2 Å². The molecular weight excluding hydrogens is 496 g/mol. The molecule has 0 aliphatic carbocycles. The first kappa shape index (κ1) is 28.0. The second kappa shape index (κ2) is 11.4. The third-order valence-electron chi connectivity index (χ3n) is 7.78. The van der Waals surface area contributed by atoms with Gasteiger partial charge in [0.05, 0.1) is 0 Å². The van der Waals surface area contributed by atoms with E-state index >= 15 is 0 Å². The van der Waals surface area contributed by atoms with E-state index in [9.17, 15) is 9.90 Å². The second-order valence-corrected chi connectivity index (χ2v) is 11.5. The minimum Gasteiger partial charge on any atom is -0.507 e. The fourth-order valence-corrected chi connectivity index (χ4v) is 5.38. The van der Waals surface area contributed by atoms with Crippen LogP contribution in [0, 0.1) is 27.7 Å². The van der Waals surface area contributed by atoms with E-state index in [4.69, 9.17) is 16.3 Å². The molecule has 1 heterocycles. The Morgan fingerprint density at radius 1 is 0.868 bits per heavy atom. The van der Waals surface area contributed by atoms with Crippen LogP contribution in [-0.2, 0) is 16.8 Å². The van der Waals surface area contributed by atoms with Crippen LogP contribution in [-0.4, -0.2) is 53.6 Å². The summed E-state index contributed by atoms with van der Waals surface area (Å²) in [4.78, 5) is 17.2. The van der Waals surface area contributed by atoms with Crippen molar-refractivity contribution >= 4 is 17.5 Å². The van der Waals surface area contributed by atoms with Gasteiger partial charge in [-0.2, -0.15) is 0 Å². The Kier molecular flexibility index (Phi) is 8.39. The summed E-state index contributed by atoms with van der Waals surface area (Å²) < 4.78 is 6.09. The molecule has 1 aliphatic heterocycles. The van der Waals surface area contributed by atoms with Gasteiger partial charge in [-0.05, 0) is 78.8 Å². The lowest BCUT2D eigenvalue weighted by atomic mass is 9.76. The van der Waals surface area contributed by atoms with Crippen molar-refractivity contribution in [2.24, 2.45) is 0 Å². The molecule has 1 amide bonds. The molecule has 1 saturated heterocycles. The van der Waals surface area contributed by atoms with Crippen molar-refractivity contribution in [1.82, 2.24) is 9.80 Å². The summed E-state index contributed by atoms with van der Waals surface area (Å²) in [7, 11) is 0. The van der Waals surface area contributed by atoms with Crippen LogP contribution >= 0.6 is 11.6 Å². The molecule has 4 rings (SSSR count). The summed E-state index contributed by atoms with van der Waals surface area (Å²) in [6.45, 7) is 16.3. The fraction of sp³-hybridized carbons (Fsp3) is 0.406. The van der Waals surface area contributed by atoms with E-state index in [-0.39, 0.29) is 17.9 Å². The maximum Gasteiger partial charge on any atom is 0.260 e. The molecule has 0 bridgehead atoms. The number of phenolic OH excluding ortho intramolecular Hbond substituents is 1. The zero-order chi connectivity index (χ0) is 27.6. The van der Waals surface area contributed by atoms with E-state index in [0.29, 0.717) is 18.8 Å². The standard InChI is InChI=1S/C32H39ClN2O3/c1-21-15-26(16-22(2)30(21)37)32(5,6)27-17-23(3)31(24(4)18-27)38-20-29(36)35-13-11-34(12-14-35)19-25-7-9-28(33)10-8-25/h7-10,15-18,37H,11-14,19-20H2,1-6H3. The molecular formula is C32H39ClN2O3. The van der Waals surface area contributed by atoms with Crippen molar-refractivity contribution in [1.29, 1.82) is 0 Å². The summed E-state index contributed by atoms with van der Waals surface area (Å²) in [5.41, 5.74) is 7.10. The molecule has 1 N–H and O–H groups in total. The number of halogens is 1. The number of carbonyl (C=O) groups is 1. The van der Waals surface area contributed by atoms with Crippen molar-refractivity contribution in [3.8, 4) is 11.5 Å². The number of nitrogens with zero attached hydrogens (tertiary/aromatic N) is 2. The number of aryl methyl sites for hydroxylation is 4. The molecule has 1 fully saturated rings. The number of amides is 1. The van der Waals surface area contributed by atoms with Crippen molar-refractivity contribution in [2.75, 3.05) is 32.8 Å². The van der Waals surface area contributed by atoms with Gasteiger partial charge < -0.3 is 14.7 Å². The summed E-state index contributed by atoms with van der Waals surface area (Å²) in [6.07, 6.45) is 0. The Hall–Kier alpha value is -3.02. The fourth-order valence-electron chi connectivity index (χ4n) is 5.25. The van der Waals surface area contributed by atoms with E-state index < -0.39 is 0 Å². The normalized spacial score (nSPS) is 14.6. The monoisotopic (exact) mass is 534 g/mol. The van der Waals surface area contributed by atoms with E-state index in [1.165, 1.54) is 11.1 Å². The zero-order valence-electron chi connectivity index (χ0n) is 23.4. The number of aromatic hydroxyl groups is 1. The van der Waals surface area contributed by atoms with Crippen LogP contribution in [0.2, 0.25) is 5.02 Å². The Balaban J connectivity index is 1.37. The van der Waals surface area contributed by atoms with E-state index in [2.05, 4.69) is 55.1 Å². The predicted molar refractivity (Wildman–Crippen MR) is 154 cm³/mol. The largest absolute Gasteiger partial charge is 0.507 e. The summed E-state index contributed by atoms with van der Waals surface area (Å²) in [5, 5.41) is 11.0. The third-order valence-corrected chi connectivity index (χ3v) is 8.03. The molecule has 6 heteroatoms. The summed E-state index contributed by atoms with van der Waals surface area (Å²) in [6, 6.07) is 16.4. The van der Waals surface area contributed by atoms with Gasteiger partial charge in [-0.25, -0.2) is 0 Å². The topological polar surface area (TPSA) is 53.0 Å². The van der Waals surface area contributed by atoms with Crippen LogP contribution < -0.4 is 4.74 Å². The lowest BCUT2D eigenvalue weighted by Gasteiger charge is -2.34. The van der Waals surface area contributed by atoms with Crippen LogP contribution in [0.15, 0.2) is 48.5 Å². The number of benzene rings is 3. The van der Waals surface area contributed by atoms with E-state index in [1.807, 2.05) is 44.7 Å². The minimum atomic E-state index is -0.251. The average Bonchev–Trinajstić information content (AvgIpc) is 2.88. The van der Waals surface area contributed by atoms with E-state index in [1.54, 1.807) is 0 Å². The van der Waals surface area contributed by atoms with Crippen molar-refractivity contribution < 1.29 is 14.6 Å². The molecule has 0 aromatic heterocycles. The van der Waals surface area contributed by atoms with Gasteiger partial charge in [0.2, 0.25) is 0 Å². The van der Waals surface area contributed by atoms with Gasteiger partial charge in [-0.3, -0.25) is 9.69 Å². The first-order chi connectivity index (χ1) is 18.0. The number of rotatable bonds is 7. The van der Waals surface area contributed by atoms with Crippen LogP contribution in [0.5, 0.6) is 11.5 Å².